The van der Waals surface area contributed by atoms with E-state index in [1.807, 2.05) is 0 Å². The quantitative estimate of drug-likeness (QED) is 0.726. The lowest BCUT2D eigenvalue weighted by atomic mass is 9.92. The molecule has 1 nitrogen and oxygen atoms in total. The topological polar surface area (TPSA) is 12.0 Å². The molecule has 1 atom stereocenters. The summed E-state index contributed by atoms with van der Waals surface area (Å²) in [5.74, 6) is 1.61. The van der Waals surface area contributed by atoms with Gasteiger partial charge in [-0.2, -0.15) is 0 Å². The number of nitrogens with one attached hydrogen (secondary N) is 1. The molecule has 0 aliphatic rings. The van der Waals surface area contributed by atoms with Crippen molar-refractivity contribution >= 4 is 0 Å². The Morgan fingerprint density at radius 3 is 2.56 bits per heavy atom. The minimum Gasteiger partial charge on any atom is -0.319 e. The van der Waals surface area contributed by atoms with Crippen LogP contribution in [-0.2, 0) is 6.42 Å². The van der Waals surface area contributed by atoms with Gasteiger partial charge in [-0.05, 0) is 50.8 Å². The summed E-state index contributed by atoms with van der Waals surface area (Å²) in [6.07, 6.45) is 5.26. The third kappa shape index (κ3) is 6.20. The third-order valence-corrected chi connectivity index (χ3v) is 3.49. The lowest BCUT2D eigenvalue weighted by molar-refractivity contribution is 0.417. The lowest BCUT2D eigenvalue weighted by Crippen LogP contribution is -2.21. The molecule has 102 valence electrons. The van der Waals surface area contributed by atoms with Crippen molar-refractivity contribution in [3.05, 3.63) is 35.4 Å². The van der Waals surface area contributed by atoms with E-state index in [9.17, 15) is 0 Å². The molecule has 1 heteroatoms. The van der Waals surface area contributed by atoms with E-state index < -0.39 is 0 Å². The Labute approximate surface area is 113 Å². The molecule has 0 saturated carbocycles. The highest BCUT2D eigenvalue weighted by Crippen LogP contribution is 2.17. The van der Waals surface area contributed by atoms with Gasteiger partial charge in [0.05, 0.1) is 0 Å². The summed E-state index contributed by atoms with van der Waals surface area (Å²) in [5.41, 5.74) is 2.86. The van der Waals surface area contributed by atoms with Crippen molar-refractivity contribution in [1.29, 1.82) is 0 Å². The molecule has 0 spiro atoms. The second kappa shape index (κ2) is 8.31. The molecule has 1 aromatic carbocycles. The summed E-state index contributed by atoms with van der Waals surface area (Å²) >= 11 is 0. The van der Waals surface area contributed by atoms with Gasteiger partial charge in [-0.15, -0.1) is 0 Å². The summed E-state index contributed by atoms with van der Waals surface area (Å²) in [5, 5.41) is 3.34. The van der Waals surface area contributed by atoms with Crippen molar-refractivity contribution in [2.45, 2.75) is 46.5 Å². The summed E-state index contributed by atoms with van der Waals surface area (Å²) in [6.45, 7) is 7.93. The molecule has 0 bridgehead atoms. The van der Waals surface area contributed by atoms with E-state index in [2.05, 4.69) is 57.4 Å². The Morgan fingerprint density at radius 2 is 1.94 bits per heavy atom. The molecule has 1 aromatic rings. The minimum absolute atomic E-state index is 0.774. The van der Waals surface area contributed by atoms with Crippen molar-refractivity contribution < 1.29 is 0 Å². The number of hydrogen-bond donors (Lipinski definition) is 1. The molecule has 0 aromatic heterocycles. The van der Waals surface area contributed by atoms with Gasteiger partial charge in [0, 0.05) is 0 Å². The fourth-order valence-electron chi connectivity index (χ4n) is 2.55. The molecular formula is C17H29N. The Hall–Kier alpha value is -0.820. The fraction of sp³-hybridized carbons (Fsp3) is 0.647. The second-order valence-corrected chi connectivity index (χ2v) is 5.94. The summed E-state index contributed by atoms with van der Waals surface area (Å²) in [7, 11) is 2.06. The third-order valence-electron chi connectivity index (χ3n) is 3.49. The zero-order valence-corrected chi connectivity index (χ0v) is 12.5. The lowest BCUT2D eigenvalue weighted by Gasteiger charge is -2.17. The highest BCUT2D eigenvalue weighted by atomic mass is 14.8. The molecule has 0 aliphatic carbocycles. The summed E-state index contributed by atoms with van der Waals surface area (Å²) in [4.78, 5) is 0. The highest BCUT2D eigenvalue weighted by Gasteiger charge is 2.09. The van der Waals surface area contributed by atoms with Crippen molar-refractivity contribution in [2.24, 2.45) is 11.8 Å². The summed E-state index contributed by atoms with van der Waals surface area (Å²) < 4.78 is 0. The molecule has 1 N–H and O–H groups in total. The zero-order valence-electron chi connectivity index (χ0n) is 12.5. The van der Waals surface area contributed by atoms with Crippen LogP contribution in [0.15, 0.2) is 24.3 Å². The van der Waals surface area contributed by atoms with Crippen molar-refractivity contribution in [3.8, 4) is 0 Å². The predicted octanol–water partition coefficient (Wildman–Crippen LogP) is 4.20. The van der Waals surface area contributed by atoms with E-state index >= 15 is 0 Å². The van der Waals surface area contributed by atoms with Gasteiger partial charge in [-0.3, -0.25) is 0 Å². The fourth-order valence-corrected chi connectivity index (χ4v) is 2.55. The van der Waals surface area contributed by atoms with E-state index in [-0.39, 0.29) is 0 Å². The molecule has 1 rings (SSSR count). The van der Waals surface area contributed by atoms with Gasteiger partial charge >= 0.3 is 0 Å². The van der Waals surface area contributed by atoms with Crippen molar-refractivity contribution in [1.82, 2.24) is 5.32 Å². The van der Waals surface area contributed by atoms with Gasteiger partial charge in [0.2, 0.25) is 0 Å². The van der Waals surface area contributed by atoms with Crippen LogP contribution < -0.4 is 5.32 Å². The molecule has 0 heterocycles. The SMILES string of the molecule is CNCC(CCCC(C)C)Cc1cccc(C)c1. The van der Waals surface area contributed by atoms with E-state index in [4.69, 9.17) is 0 Å². The minimum atomic E-state index is 0.774. The zero-order chi connectivity index (χ0) is 13.4. The first-order chi connectivity index (χ1) is 8.61. The molecule has 18 heavy (non-hydrogen) atoms. The van der Waals surface area contributed by atoms with Crippen LogP contribution in [0.1, 0.15) is 44.2 Å². The largest absolute Gasteiger partial charge is 0.319 e. The average Bonchev–Trinajstić information content (AvgIpc) is 2.28. The van der Waals surface area contributed by atoms with Crippen LogP contribution in [-0.4, -0.2) is 13.6 Å². The smallest absolute Gasteiger partial charge is 0.00203 e. The first-order valence-electron chi connectivity index (χ1n) is 7.32. The van der Waals surface area contributed by atoms with E-state index in [1.54, 1.807) is 0 Å². The summed E-state index contributed by atoms with van der Waals surface area (Å²) in [6, 6.07) is 8.94. The molecule has 0 radical (unpaired) electrons. The first-order valence-corrected chi connectivity index (χ1v) is 7.32. The Morgan fingerprint density at radius 1 is 1.17 bits per heavy atom. The number of rotatable bonds is 8. The van der Waals surface area contributed by atoms with Crippen LogP contribution in [0.5, 0.6) is 0 Å². The number of aryl methyl sites for hydroxylation is 1. The molecule has 0 saturated heterocycles. The van der Waals surface area contributed by atoms with Gasteiger partial charge in [-0.25, -0.2) is 0 Å². The van der Waals surface area contributed by atoms with Crippen LogP contribution in [0.25, 0.3) is 0 Å². The van der Waals surface area contributed by atoms with Gasteiger partial charge in [0.1, 0.15) is 0 Å². The number of hydrogen-bond acceptors (Lipinski definition) is 1. The monoisotopic (exact) mass is 247 g/mol. The number of benzene rings is 1. The average molecular weight is 247 g/mol. The normalized spacial score (nSPS) is 12.9. The molecular weight excluding hydrogens is 218 g/mol. The standard InChI is InChI=1S/C17H29N/c1-14(2)7-5-10-17(13-18-4)12-16-9-6-8-15(3)11-16/h6,8-9,11,14,17-18H,5,7,10,12-13H2,1-4H3. The van der Waals surface area contributed by atoms with Gasteiger partial charge in [0.15, 0.2) is 0 Å². The second-order valence-electron chi connectivity index (χ2n) is 5.94. The molecule has 1 unspecified atom stereocenters. The molecule has 0 amide bonds. The maximum Gasteiger partial charge on any atom is -0.00203 e. The van der Waals surface area contributed by atoms with E-state index in [1.165, 1.54) is 36.8 Å². The van der Waals surface area contributed by atoms with Crippen LogP contribution >= 0.6 is 0 Å². The maximum atomic E-state index is 3.34. The van der Waals surface area contributed by atoms with E-state index in [0.29, 0.717) is 0 Å². The highest BCUT2D eigenvalue weighted by molar-refractivity contribution is 5.22. The first kappa shape index (κ1) is 15.2. The molecule has 0 aliphatic heterocycles. The van der Waals surface area contributed by atoms with Crippen LogP contribution in [0.2, 0.25) is 0 Å². The van der Waals surface area contributed by atoms with E-state index in [0.717, 1.165) is 18.4 Å². The van der Waals surface area contributed by atoms with Crippen molar-refractivity contribution in [3.63, 3.8) is 0 Å². The maximum absolute atomic E-state index is 3.34. The van der Waals surface area contributed by atoms with Crippen LogP contribution in [0.3, 0.4) is 0 Å². The Bertz CT molecular complexity index is 330. The van der Waals surface area contributed by atoms with Gasteiger partial charge < -0.3 is 5.32 Å². The Balaban J connectivity index is 2.46. The van der Waals surface area contributed by atoms with Crippen molar-refractivity contribution in [2.75, 3.05) is 13.6 Å². The van der Waals surface area contributed by atoms with Gasteiger partial charge in [-0.1, -0.05) is 56.5 Å². The molecule has 0 fully saturated rings. The van der Waals surface area contributed by atoms with Crippen LogP contribution in [0.4, 0.5) is 0 Å². The predicted molar refractivity (Wildman–Crippen MR) is 81.0 cm³/mol. The Kier molecular flexibility index (Phi) is 7.04. The van der Waals surface area contributed by atoms with Gasteiger partial charge in [0.25, 0.3) is 0 Å². The van der Waals surface area contributed by atoms with Crippen LogP contribution in [0, 0.1) is 18.8 Å².